The maximum atomic E-state index is 12.3. The molecule has 0 unspecified atom stereocenters. The number of imidazole rings is 1. The van der Waals surface area contributed by atoms with E-state index in [0.29, 0.717) is 5.02 Å². The largest absolute Gasteiger partial charge is 0.455 e. The molecule has 0 bridgehead atoms. The van der Waals surface area contributed by atoms with Gasteiger partial charge in [-0.25, -0.2) is 9.78 Å². The Bertz CT molecular complexity index is 1070. The molecule has 4 rings (SSSR count). The van der Waals surface area contributed by atoms with Crippen molar-refractivity contribution >= 4 is 44.6 Å². The van der Waals surface area contributed by atoms with Crippen molar-refractivity contribution in [2.75, 3.05) is 0 Å². The van der Waals surface area contributed by atoms with Gasteiger partial charge in [-0.3, -0.25) is 0 Å². The van der Waals surface area contributed by atoms with Crippen LogP contribution in [0.4, 0.5) is 0 Å². The lowest BCUT2D eigenvalue weighted by Gasteiger charge is -2.01. The van der Waals surface area contributed by atoms with Gasteiger partial charge in [-0.2, -0.15) is 0 Å². The van der Waals surface area contributed by atoms with Crippen LogP contribution in [-0.2, 0) is 11.3 Å². The lowest BCUT2D eigenvalue weighted by atomic mass is 10.2. The standard InChI is InChI=1S/C18H13ClN2O2S/c1-11-6-7-21-9-13(20-16(21)8-11)18(22)23-10-15-17(19)12-4-2-3-5-14(12)24-15/h2-9H,10H2,1H3. The van der Waals surface area contributed by atoms with E-state index in [1.54, 1.807) is 10.6 Å². The van der Waals surface area contributed by atoms with Gasteiger partial charge in [0.1, 0.15) is 12.3 Å². The average Bonchev–Trinajstić information content (AvgIpc) is 3.14. The number of aromatic nitrogens is 2. The van der Waals surface area contributed by atoms with Crippen LogP contribution in [0.3, 0.4) is 0 Å². The molecule has 0 aliphatic heterocycles. The van der Waals surface area contributed by atoms with Gasteiger partial charge < -0.3 is 9.14 Å². The van der Waals surface area contributed by atoms with Gasteiger partial charge in [0.15, 0.2) is 5.69 Å². The zero-order chi connectivity index (χ0) is 16.7. The summed E-state index contributed by atoms with van der Waals surface area (Å²) in [5.74, 6) is -0.454. The number of halogens is 1. The predicted molar refractivity (Wildman–Crippen MR) is 95.9 cm³/mol. The van der Waals surface area contributed by atoms with E-state index in [4.69, 9.17) is 16.3 Å². The number of pyridine rings is 1. The van der Waals surface area contributed by atoms with E-state index >= 15 is 0 Å². The van der Waals surface area contributed by atoms with Crippen LogP contribution in [0, 0.1) is 6.92 Å². The van der Waals surface area contributed by atoms with Crippen LogP contribution in [0.5, 0.6) is 0 Å². The summed E-state index contributed by atoms with van der Waals surface area (Å²) in [7, 11) is 0. The molecular formula is C18H13ClN2O2S. The fraction of sp³-hybridized carbons (Fsp3) is 0.111. The summed E-state index contributed by atoms with van der Waals surface area (Å²) in [5.41, 5.74) is 2.10. The molecule has 0 saturated carbocycles. The predicted octanol–water partition coefficient (Wildman–Crippen LogP) is 4.87. The molecule has 4 nitrogen and oxygen atoms in total. The number of hydrogen-bond donors (Lipinski definition) is 0. The Morgan fingerprint density at radius 2 is 2.17 bits per heavy atom. The SMILES string of the molecule is Cc1ccn2cc(C(=O)OCc3sc4ccccc4c3Cl)nc2c1. The number of thiophene rings is 1. The molecule has 0 aliphatic rings. The molecule has 0 aliphatic carbocycles. The van der Waals surface area contributed by atoms with Crippen LogP contribution in [0.1, 0.15) is 20.9 Å². The normalized spacial score (nSPS) is 11.2. The van der Waals surface area contributed by atoms with Gasteiger partial charge >= 0.3 is 5.97 Å². The number of benzene rings is 1. The van der Waals surface area contributed by atoms with Crippen LogP contribution >= 0.6 is 22.9 Å². The highest BCUT2D eigenvalue weighted by Crippen LogP contribution is 2.35. The average molecular weight is 357 g/mol. The van der Waals surface area contributed by atoms with Crippen molar-refractivity contribution in [1.82, 2.24) is 9.38 Å². The molecule has 0 amide bonds. The number of esters is 1. The second kappa shape index (κ2) is 5.92. The number of carbonyl (C=O) groups is 1. The topological polar surface area (TPSA) is 43.6 Å². The molecule has 6 heteroatoms. The minimum atomic E-state index is -0.454. The molecule has 1 aromatic carbocycles. The van der Waals surface area contributed by atoms with Crippen molar-refractivity contribution in [2.24, 2.45) is 0 Å². The van der Waals surface area contributed by atoms with Crippen LogP contribution in [0.25, 0.3) is 15.7 Å². The van der Waals surface area contributed by atoms with Crippen molar-refractivity contribution in [3.63, 3.8) is 0 Å². The van der Waals surface area contributed by atoms with Gasteiger partial charge in [-0.15, -0.1) is 11.3 Å². The highest BCUT2D eigenvalue weighted by molar-refractivity contribution is 7.19. The Morgan fingerprint density at radius 1 is 1.33 bits per heavy atom. The third kappa shape index (κ3) is 2.66. The molecule has 0 radical (unpaired) electrons. The Labute approximate surface area is 147 Å². The van der Waals surface area contributed by atoms with E-state index in [1.807, 2.05) is 49.5 Å². The highest BCUT2D eigenvalue weighted by atomic mass is 35.5. The highest BCUT2D eigenvalue weighted by Gasteiger charge is 2.15. The number of nitrogens with zero attached hydrogens (tertiary/aromatic N) is 2. The van der Waals surface area contributed by atoms with Crippen LogP contribution in [0.2, 0.25) is 5.02 Å². The summed E-state index contributed by atoms with van der Waals surface area (Å²) in [6.07, 6.45) is 3.54. The maximum Gasteiger partial charge on any atom is 0.358 e. The number of hydrogen-bond acceptors (Lipinski definition) is 4. The molecule has 0 spiro atoms. The van der Waals surface area contributed by atoms with E-state index in [0.717, 1.165) is 26.2 Å². The van der Waals surface area contributed by atoms with Crippen LogP contribution in [0.15, 0.2) is 48.8 Å². The second-order valence-corrected chi connectivity index (χ2v) is 7.02. The van der Waals surface area contributed by atoms with E-state index in [9.17, 15) is 4.79 Å². The summed E-state index contributed by atoms with van der Waals surface area (Å²) >= 11 is 7.90. The monoisotopic (exact) mass is 356 g/mol. The Balaban J connectivity index is 1.55. The zero-order valence-corrected chi connectivity index (χ0v) is 14.4. The summed E-state index contributed by atoms with van der Waals surface area (Å²) in [6, 6.07) is 11.7. The van der Waals surface area contributed by atoms with E-state index in [2.05, 4.69) is 4.98 Å². The number of ether oxygens (including phenoxy) is 1. The molecule has 24 heavy (non-hydrogen) atoms. The van der Waals surface area contributed by atoms with Gasteiger partial charge in [-0.05, 0) is 30.7 Å². The first-order valence-electron chi connectivity index (χ1n) is 7.40. The Morgan fingerprint density at radius 3 is 3.00 bits per heavy atom. The smallest absolute Gasteiger partial charge is 0.358 e. The van der Waals surface area contributed by atoms with Crippen molar-refractivity contribution in [3.8, 4) is 0 Å². The molecule has 0 N–H and O–H groups in total. The zero-order valence-electron chi connectivity index (χ0n) is 12.8. The minimum absolute atomic E-state index is 0.143. The summed E-state index contributed by atoms with van der Waals surface area (Å²) in [4.78, 5) is 17.4. The fourth-order valence-electron chi connectivity index (χ4n) is 2.54. The minimum Gasteiger partial charge on any atom is -0.455 e. The van der Waals surface area contributed by atoms with Crippen molar-refractivity contribution in [3.05, 3.63) is 69.9 Å². The maximum absolute atomic E-state index is 12.3. The quantitative estimate of drug-likeness (QED) is 0.492. The molecule has 0 saturated heterocycles. The third-order valence-electron chi connectivity index (χ3n) is 3.76. The summed E-state index contributed by atoms with van der Waals surface area (Å²) in [6.45, 7) is 2.13. The lowest BCUT2D eigenvalue weighted by molar-refractivity contribution is 0.0471. The first kappa shape index (κ1) is 15.2. The number of fused-ring (bicyclic) bond motifs is 2. The van der Waals surface area contributed by atoms with Crippen molar-refractivity contribution in [2.45, 2.75) is 13.5 Å². The van der Waals surface area contributed by atoms with Gasteiger partial charge in [0, 0.05) is 22.5 Å². The van der Waals surface area contributed by atoms with Crippen molar-refractivity contribution < 1.29 is 9.53 Å². The molecule has 3 heterocycles. The van der Waals surface area contributed by atoms with Crippen LogP contribution < -0.4 is 0 Å². The van der Waals surface area contributed by atoms with Gasteiger partial charge in [0.2, 0.25) is 0 Å². The van der Waals surface area contributed by atoms with E-state index in [1.165, 1.54) is 11.3 Å². The number of aryl methyl sites for hydroxylation is 1. The first-order chi connectivity index (χ1) is 11.6. The van der Waals surface area contributed by atoms with Gasteiger partial charge in [0.05, 0.1) is 9.90 Å². The summed E-state index contributed by atoms with van der Waals surface area (Å²) < 4.78 is 8.28. The summed E-state index contributed by atoms with van der Waals surface area (Å²) in [5, 5.41) is 1.63. The molecular weight excluding hydrogens is 344 g/mol. The van der Waals surface area contributed by atoms with Gasteiger partial charge in [0.25, 0.3) is 0 Å². The third-order valence-corrected chi connectivity index (χ3v) is 5.45. The number of rotatable bonds is 3. The van der Waals surface area contributed by atoms with E-state index in [-0.39, 0.29) is 12.3 Å². The lowest BCUT2D eigenvalue weighted by Crippen LogP contribution is -2.05. The van der Waals surface area contributed by atoms with Crippen molar-refractivity contribution in [1.29, 1.82) is 0 Å². The molecule has 4 aromatic rings. The molecule has 0 atom stereocenters. The molecule has 0 fully saturated rings. The Hall–Kier alpha value is -2.37. The van der Waals surface area contributed by atoms with Gasteiger partial charge in [-0.1, -0.05) is 29.8 Å². The number of carbonyl (C=O) groups excluding carboxylic acids is 1. The fourth-order valence-corrected chi connectivity index (χ4v) is 3.95. The molecule has 120 valence electrons. The Kier molecular flexibility index (Phi) is 3.75. The molecule has 3 aromatic heterocycles. The van der Waals surface area contributed by atoms with Crippen LogP contribution in [-0.4, -0.2) is 15.4 Å². The second-order valence-electron chi connectivity index (χ2n) is 5.51. The first-order valence-corrected chi connectivity index (χ1v) is 8.59. The van der Waals surface area contributed by atoms with E-state index < -0.39 is 5.97 Å².